The third-order valence-corrected chi connectivity index (χ3v) is 2.49. The monoisotopic (exact) mass is 236 g/mol. The molecule has 1 atom stereocenters. The number of carbonyl (C=O) groups excluding carboxylic acids is 1. The van der Waals surface area contributed by atoms with Crippen LogP contribution in [0.25, 0.3) is 0 Å². The second-order valence-corrected chi connectivity index (χ2v) is 4.53. The van der Waals surface area contributed by atoms with Gasteiger partial charge in [0.1, 0.15) is 0 Å². The summed E-state index contributed by atoms with van der Waals surface area (Å²) < 4.78 is 0. The summed E-state index contributed by atoms with van der Waals surface area (Å²) in [6.07, 6.45) is 1.69. The molecule has 1 rings (SSSR count). The van der Waals surface area contributed by atoms with Crippen molar-refractivity contribution in [1.29, 1.82) is 0 Å². The van der Waals surface area contributed by atoms with E-state index >= 15 is 0 Å². The highest BCUT2D eigenvalue weighted by Crippen LogP contribution is 2.20. The zero-order valence-corrected chi connectivity index (χ0v) is 10.8. The normalized spacial score (nSPS) is 12.4. The molecule has 0 radical (unpaired) electrons. The van der Waals surface area contributed by atoms with Gasteiger partial charge in [-0.2, -0.15) is 0 Å². The maximum Gasteiger partial charge on any atom is 0.241 e. The SMILES string of the molecule is CC(C)[C@H](N)C(=O)Nc1cccnc1N(C)C. The van der Waals surface area contributed by atoms with E-state index in [1.54, 1.807) is 12.3 Å². The Bertz CT molecular complexity index is 390. The molecular weight excluding hydrogens is 216 g/mol. The van der Waals surface area contributed by atoms with Crippen LogP contribution in [0.3, 0.4) is 0 Å². The average Bonchev–Trinajstić information content (AvgIpc) is 2.28. The largest absolute Gasteiger partial charge is 0.361 e. The number of amides is 1. The van der Waals surface area contributed by atoms with Gasteiger partial charge in [-0.15, -0.1) is 0 Å². The van der Waals surface area contributed by atoms with Gasteiger partial charge in [0, 0.05) is 20.3 Å². The van der Waals surface area contributed by atoms with Crippen LogP contribution in [0.1, 0.15) is 13.8 Å². The fourth-order valence-corrected chi connectivity index (χ4v) is 1.37. The molecule has 0 spiro atoms. The summed E-state index contributed by atoms with van der Waals surface area (Å²) >= 11 is 0. The van der Waals surface area contributed by atoms with Crippen molar-refractivity contribution in [1.82, 2.24) is 4.98 Å². The number of pyridine rings is 1. The summed E-state index contributed by atoms with van der Waals surface area (Å²) in [5.74, 6) is 0.641. The van der Waals surface area contributed by atoms with E-state index in [4.69, 9.17) is 5.73 Å². The van der Waals surface area contributed by atoms with Crippen molar-refractivity contribution < 1.29 is 4.79 Å². The maximum absolute atomic E-state index is 11.8. The average molecular weight is 236 g/mol. The summed E-state index contributed by atoms with van der Waals surface area (Å²) in [4.78, 5) is 17.9. The van der Waals surface area contributed by atoms with Crippen molar-refractivity contribution in [2.45, 2.75) is 19.9 Å². The van der Waals surface area contributed by atoms with Gasteiger partial charge in [-0.1, -0.05) is 13.8 Å². The van der Waals surface area contributed by atoms with Crippen LogP contribution in [0.2, 0.25) is 0 Å². The smallest absolute Gasteiger partial charge is 0.241 e. The topological polar surface area (TPSA) is 71.2 Å². The first kappa shape index (κ1) is 13.4. The predicted molar refractivity (Wildman–Crippen MR) is 70.0 cm³/mol. The van der Waals surface area contributed by atoms with Gasteiger partial charge in [0.25, 0.3) is 0 Å². The quantitative estimate of drug-likeness (QED) is 0.820. The molecule has 0 bridgehead atoms. The highest BCUT2D eigenvalue weighted by atomic mass is 16.2. The second-order valence-electron chi connectivity index (χ2n) is 4.53. The molecule has 1 aromatic heterocycles. The highest BCUT2D eigenvalue weighted by molar-refractivity contribution is 5.97. The van der Waals surface area contributed by atoms with Crippen molar-refractivity contribution in [3.63, 3.8) is 0 Å². The van der Waals surface area contributed by atoms with Gasteiger partial charge in [-0.25, -0.2) is 4.98 Å². The Morgan fingerprint density at radius 1 is 1.47 bits per heavy atom. The van der Waals surface area contributed by atoms with Crippen LogP contribution in [0.15, 0.2) is 18.3 Å². The van der Waals surface area contributed by atoms with Gasteiger partial charge >= 0.3 is 0 Å². The van der Waals surface area contributed by atoms with E-state index in [2.05, 4.69) is 10.3 Å². The molecule has 94 valence electrons. The van der Waals surface area contributed by atoms with Crippen LogP contribution < -0.4 is 16.0 Å². The number of nitrogens with two attached hydrogens (primary N) is 1. The molecule has 0 saturated heterocycles. The molecular formula is C12H20N4O. The number of nitrogens with one attached hydrogen (secondary N) is 1. The maximum atomic E-state index is 11.8. The number of hydrogen-bond donors (Lipinski definition) is 2. The number of hydrogen-bond acceptors (Lipinski definition) is 4. The number of rotatable bonds is 4. The zero-order valence-electron chi connectivity index (χ0n) is 10.8. The number of aromatic nitrogens is 1. The first-order chi connectivity index (χ1) is 7.93. The van der Waals surface area contributed by atoms with Crippen molar-refractivity contribution in [2.75, 3.05) is 24.3 Å². The molecule has 0 aliphatic heterocycles. The van der Waals surface area contributed by atoms with Crippen LogP contribution in [0.5, 0.6) is 0 Å². The standard InChI is InChI=1S/C12H20N4O/c1-8(2)10(13)12(17)15-9-6-5-7-14-11(9)16(3)4/h5-8,10H,13H2,1-4H3,(H,15,17)/t10-/m0/s1. The van der Waals surface area contributed by atoms with E-state index in [9.17, 15) is 4.79 Å². The molecule has 1 amide bonds. The van der Waals surface area contributed by atoms with E-state index < -0.39 is 6.04 Å². The first-order valence-corrected chi connectivity index (χ1v) is 5.62. The molecule has 0 saturated carbocycles. The predicted octanol–water partition coefficient (Wildman–Crippen LogP) is 1.07. The molecule has 5 heteroatoms. The van der Waals surface area contributed by atoms with E-state index in [1.165, 1.54) is 0 Å². The minimum absolute atomic E-state index is 0.106. The van der Waals surface area contributed by atoms with Crippen LogP contribution in [-0.4, -0.2) is 31.0 Å². The molecule has 5 nitrogen and oxygen atoms in total. The summed E-state index contributed by atoms with van der Waals surface area (Å²) in [6.45, 7) is 3.83. The molecule has 1 aromatic rings. The fourth-order valence-electron chi connectivity index (χ4n) is 1.37. The summed E-state index contributed by atoms with van der Waals surface area (Å²) in [5, 5.41) is 2.80. The van der Waals surface area contributed by atoms with Crippen molar-refractivity contribution in [2.24, 2.45) is 11.7 Å². The minimum Gasteiger partial charge on any atom is -0.361 e. The molecule has 0 aliphatic rings. The van der Waals surface area contributed by atoms with E-state index in [-0.39, 0.29) is 11.8 Å². The number of nitrogens with zero attached hydrogens (tertiary/aromatic N) is 2. The Hall–Kier alpha value is -1.62. The second kappa shape index (κ2) is 5.63. The van der Waals surface area contributed by atoms with Gasteiger partial charge in [-0.05, 0) is 18.1 Å². The molecule has 17 heavy (non-hydrogen) atoms. The summed E-state index contributed by atoms with van der Waals surface area (Å²) in [7, 11) is 3.75. The Kier molecular flexibility index (Phi) is 4.45. The number of anilines is 2. The Morgan fingerprint density at radius 2 is 2.12 bits per heavy atom. The third kappa shape index (κ3) is 3.42. The third-order valence-electron chi connectivity index (χ3n) is 2.49. The lowest BCUT2D eigenvalue weighted by Crippen LogP contribution is -2.40. The first-order valence-electron chi connectivity index (χ1n) is 5.62. The lowest BCUT2D eigenvalue weighted by atomic mass is 10.1. The Labute approximate surface area is 102 Å². The van der Waals surface area contributed by atoms with E-state index in [1.807, 2.05) is 38.9 Å². The molecule has 1 heterocycles. The summed E-state index contributed by atoms with van der Waals surface area (Å²) in [5.41, 5.74) is 6.47. The van der Waals surface area contributed by atoms with Crippen LogP contribution >= 0.6 is 0 Å². The lowest BCUT2D eigenvalue weighted by molar-refractivity contribution is -0.118. The van der Waals surface area contributed by atoms with Crippen molar-refractivity contribution >= 4 is 17.4 Å². The van der Waals surface area contributed by atoms with Gasteiger partial charge in [-0.3, -0.25) is 4.79 Å². The zero-order chi connectivity index (χ0) is 13.0. The molecule has 0 unspecified atom stereocenters. The highest BCUT2D eigenvalue weighted by Gasteiger charge is 2.18. The van der Waals surface area contributed by atoms with E-state index in [0.29, 0.717) is 5.69 Å². The van der Waals surface area contributed by atoms with Crippen molar-refractivity contribution in [3.05, 3.63) is 18.3 Å². The fraction of sp³-hybridized carbons (Fsp3) is 0.500. The molecule has 3 N–H and O–H groups in total. The lowest BCUT2D eigenvalue weighted by Gasteiger charge is -2.19. The number of carbonyl (C=O) groups is 1. The van der Waals surface area contributed by atoms with Gasteiger partial charge in [0.05, 0.1) is 11.7 Å². The Balaban J connectivity index is 2.85. The van der Waals surface area contributed by atoms with Gasteiger partial charge in [0.15, 0.2) is 5.82 Å². The molecule has 0 aromatic carbocycles. The molecule has 0 fully saturated rings. The Morgan fingerprint density at radius 3 is 2.65 bits per heavy atom. The van der Waals surface area contributed by atoms with Gasteiger partial charge in [0.2, 0.25) is 5.91 Å². The van der Waals surface area contributed by atoms with Crippen LogP contribution in [0.4, 0.5) is 11.5 Å². The minimum atomic E-state index is -0.509. The van der Waals surface area contributed by atoms with Crippen LogP contribution in [-0.2, 0) is 4.79 Å². The van der Waals surface area contributed by atoms with Crippen LogP contribution in [0, 0.1) is 5.92 Å². The van der Waals surface area contributed by atoms with Crippen molar-refractivity contribution in [3.8, 4) is 0 Å². The van der Waals surface area contributed by atoms with Gasteiger partial charge < -0.3 is 16.0 Å². The molecule has 0 aliphatic carbocycles. The summed E-state index contributed by atoms with van der Waals surface area (Å²) in [6, 6.07) is 3.08. The van der Waals surface area contributed by atoms with E-state index in [0.717, 1.165) is 5.82 Å².